The van der Waals surface area contributed by atoms with Gasteiger partial charge in [-0.05, 0) is 24.5 Å². The smallest absolute Gasteiger partial charge is 0.0992 e. The molecule has 0 aliphatic rings. The first-order chi connectivity index (χ1) is 8.02. The zero-order chi connectivity index (χ0) is 12.5. The monoisotopic (exact) mass is 249 g/mol. The zero-order valence-corrected chi connectivity index (χ0v) is 11.5. The molecule has 2 rings (SSSR count). The van der Waals surface area contributed by atoms with E-state index in [2.05, 4.69) is 39.0 Å². The minimum atomic E-state index is 0.109. The van der Waals surface area contributed by atoms with Gasteiger partial charge in [0, 0.05) is 12.0 Å². The fourth-order valence-electron chi connectivity index (χ4n) is 1.80. The number of nitrogens with zero attached hydrogens (tertiary/aromatic N) is 1. The van der Waals surface area contributed by atoms with E-state index in [0.717, 1.165) is 18.4 Å². The summed E-state index contributed by atoms with van der Waals surface area (Å²) in [7, 11) is 0. The second-order valence-corrected chi connectivity index (χ2v) is 6.39. The zero-order valence-electron chi connectivity index (χ0n) is 10.7. The van der Waals surface area contributed by atoms with Gasteiger partial charge >= 0.3 is 0 Å². The molecule has 0 aliphatic carbocycles. The summed E-state index contributed by atoms with van der Waals surface area (Å²) in [6.45, 7) is 6.82. The second kappa shape index (κ2) is 4.75. The number of hydrogen-bond donors (Lipinski definition) is 1. The van der Waals surface area contributed by atoms with E-state index in [1.807, 2.05) is 0 Å². The number of aryl methyl sites for hydroxylation is 1. The molecule has 2 nitrogen and oxygen atoms in total. The van der Waals surface area contributed by atoms with Crippen LogP contribution in [0.25, 0.3) is 10.2 Å². The van der Waals surface area contributed by atoms with E-state index in [1.54, 1.807) is 11.3 Å². The third-order valence-corrected chi connectivity index (χ3v) is 4.19. The number of thiazole rings is 1. The Morgan fingerprint density at radius 2 is 2.06 bits per heavy atom. The molecule has 0 spiro atoms. The maximum absolute atomic E-state index is 8.92. The average molecular weight is 249 g/mol. The molecule has 1 aromatic heterocycles. The third kappa shape index (κ3) is 2.67. The van der Waals surface area contributed by atoms with E-state index >= 15 is 0 Å². The van der Waals surface area contributed by atoms with Crippen LogP contribution in [0, 0.1) is 0 Å². The first-order valence-corrected chi connectivity index (χ1v) is 6.84. The molecular weight excluding hydrogens is 230 g/mol. The third-order valence-electron chi connectivity index (χ3n) is 2.75. The second-order valence-electron chi connectivity index (χ2n) is 5.36. The molecule has 0 unspecified atom stereocenters. The fraction of sp³-hybridized carbons (Fsp3) is 0.500. The molecule has 1 aromatic carbocycles. The summed E-state index contributed by atoms with van der Waals surface area (Å²) >= 11 is 1.78. The van der Waals surface area contributed by atoms with E-state index in [0.29, 0.717) is 0 Å². The highest BCUT2D eigenvalue weighted by Crippen LogP contribution is 2.32. The molecule has 3 heteroatoms. The van der Waals surface area contributed by atoms with Gasteiger partial charge in [-0.2, -0.15) is 0 Å². The van der Waals surface area contributed by atoms with Crippen molar-refractivity contribution in [2.75, 3.05) is 6.61 Å². The molecule has 1 heterocycles. The summed E-state index contributed by atoms with van der Waals surface area (Å²) < 4.78 is 1.25. The van der Waals surface area contributed by atoms with E-state index < -0.39 is 0 Å². The molecule has 92 valence electrons. The van der Waals surface area contributed by atoms with Gasteiger partial charge in [0.2, 0.25) is 0 Å². The standard InChI is InChI=1S/C14H19NOS/c1-14(2,3)13-15-12-10(7-5-9-16)6-4-8-11(12)17-13/h4,6,8,16H,5,7,9H2,1-3H3. The number of aliphatic hydroxyl groups is 1. The Bertz CT molecular complexity index is 510. The minimum Gasteiger partial charge on any atom is -0.396 e. The Kier molecular flexibility index (Phi) is 3.50. The van der Waals surface area contributed by atoms with Crippen molar-refractivity contribution in [2.24, 2.45) is 0 Å². The summed E-state index contributed by atoms with van der Waals surface area (Å²) in [6, 6.07) is 6.33. The fourth-order valence-corrected chi connectivity index (χ4v) is 2.87. The van der Waals surface area contributed by atoms with Crippen LogP contribution in [-0.2, 0) is 11.8 Å². The van der Waals surface area contributed by atoms with Gasteiger partial charge in [-0.25, -0.2) is 4.98 Å². The van der Waals surface area contributed by atoms with Crippen molar-refractivity contribution in [3.8, 4) is 0 Å². The van der Waals surface area contributed by atoms with Crippen LogP contribution in [0.4, 0.5) is 0 Å². The van der Waals surface area contributed by atoms with E-state index in [-0.39, 0.29) is 12.0 Å². The van der Waals surface area contributed by atoms with Gasteiger partial charge < -0.3 is 5.11 Å². The maximum Gasteiger partial charge on any atom is 0.0992 e. The quantitative estimate of drug-likeness (QED) is 0.903. The van der Waals surface area contributed by atoms with Gasteiger partial charge in [-0.3, -0.25) is 0 Å². The Hall–Kier alpha value is -0.930. The highest BCUT2D eigenvalue weighted by atomic mass is 32.1. The lowest BCUT2D eigenvalue weighted by molar-refractivity contribution is 0.288. The topological polar surface area (TPSA) is 33.1 Å². The molecule has 0 aliphatic heterocycles. The molecule has 0 bridgehead atoms. The van der Waals surface area contributed by atoms with Crippen molar-refractivity contribution >= 4 is 21.6 Å². The number of hydrogen-bond acceptors (Lipinski definition) is 3. The molecule has 0 saturated carbocycles. The van der Waals surface area contributed by atoms with Crippen LogP contribution in [0.2, 0.25) is 0 Å². The van der Waals surface area contributed by atoms with Crippen molar-refractivity contribution in [1.29, 1.82) is 0 Å². The van der Waals surface area contributed by atoms with Crippen LogP contribution < -0.4 is 0 Å². The van der Waals surface area contributed by atoms with Gasteiger partial charge in [0.15, 0.2) is 0 Å². The Balaban J connectivity index is 2.45. The van der Waals surface area contributed by atoms with E-state index in [9.17, 15) is 0 Å². The van der Waals surface area contributed by atoms with Crippen molar-refractivity contribution in [1.82, 2.24) is 4.98 Å². The summed E-state index contributed by atoms with van der Waals surface area (Å²) in [5.74, 6) is 0. The highest BCUT2D eigenvalue weighted by Gasteiger charge is 2.19. The van der Waals surface area contributed by atoms with Gasteiger partial charge in [-0.15, -0.1) is 11.3 Å². The number of rotatable bonds is 3. The lowest BCUT2D eigenvalue weighted by Crippen LogP contribution is -2.10. The average Bonchev–Trinajstić information content (AvgIpc) is 2.70. The van der Waals surface area contributed by atoms with Crippen LogP contribution in [0.1, 0.15) is 37.8 Å². The van der Waals surface area contributed by atoms with Crippen LogP contribution in [0.15, 0.2) is 18.2 Å². The first kappa shape index (κ1) is 12.5. The number of para-hydroxylation sites is 1. The lowest BCUT2D eigenvalue weighted by atomic mass is 9.98. The highest BCUT2D eigenvalue weighted by molar-refractivity contribution is 7.18. The molecule has 0 radical (unpaired) electrons. The number of fused-ring (bicyclic) bond motifs is 1. The molecule has 0 fully saturated rings. The van der Waals surface area contributed by atoms with E-state index in [4.69, 9.17) is 10.1 Å². The molecule has 17 heavy (non-hydrogen) atoms. The maximum atomic E-state index is 8.92. The summed E-state index contributed by atoms with van der Waals surface area (Å²) in [5.41, 5.74) is 2.48. The predicted octanol–water partition coefficient (Wildman–Crippen LogP) is 3.52. The molecule has 0 saturated heterocycles. The molecule has 2 aromatic rings. The van der Waals surface area contributed by atoms with Crippen LogP contribution >= 0.6 is 11.3 Å². The Morgan fingerprint density at radius 1 is 1.29 bits per heavy atom. The van der Waals surface area contributed by atoms with Crippen molar-refractivity contribution in [3.05, 3.63) is 28.8 Å². The molecular formula is C14H19NOS. The first-order valence-electron chi connectivity index (χ1n) is 6.02. The van der Waals surface area contributed by atoms with Crippen LogP contribution in [-0.4, -0.2) is 16.7 Å². The minimum absolute atomic E-state index is 0.109. The van der Waals surface area contributed by atoms with Crippen LogP contribution in [0.3, 0.4) is 0 Å². The lowest BCUT2D eigenvalue weighted by Gasteiger charge is -2.13. The predicted molar refractivity (Wildman–Crippen MR) is 73.7 cm³/mol. The largest absolute Gasteiger partial charge is 0.396 e. The number of benzene rings is 1. The van der Waals surface area contributed by atoms with Crippen LogP contribution in [0.5, 0.6) is 0 Å². The van der Waals surface area contributed by atoms with Crippen molar-refractivity contribution in [3.63, 3.8) is 0 Å². The summed E-state index contributed by atoms with van der Waals surface area (Å²) in [6.07, 6.45) is 1.71. The summed E-state index contributed by atoms with van der Waals surface area (Å²) in [4.78, 5) is 4.77. The van der Waals surface area contributed by atoms with Crippen molar-refractivity contribution in [2.45, 2.75) is 39.0 Å². The van der Waals surface area contributed by atoms with Gasteiger partial charge in [0.05, 0.1) is 15.2 Å². The van der Waals surface area contributed by atoms with Gasteiger partial charge in [0.1, 0.15) is 0 Å². The number of aliphatic hydroxyl groups excluding tert-OH is 1. The SMILES string of the molecule is CC(C)(C)c1nc2c(CCCO)cccc2s1. The Labute approximate surface area is 106 Å². The van der Waals surface area contributed by atoms with E-state index in [1.165, 1.54) is 15.3 Å². The normalized spacial score (nSPS) is 12.2. The van der Waals surface area contributed by atoms with Gasteiger partial charge in [0.25, 0.3) is 0 Å². The Morgan fingerprint density at radius 3 is 2.71 bits per heavy atom. The number of aromatic nitrogens is 1. The van der Waals surface area contributed by atoms with Gasteiger partial charge in [-0.1, -0.05) is 32.9 Å². The van der Waals surface area contributed by atoms with Crippen molar-refractivity contribution < 1.29 is 5.11 Å². The molecule has 0 atom stereocenters. The molecule has 0 amide bonds. The molecule has 1 N–H and O–H groups in total. The summed E-state index contributed by atoms with van der Waals surface area (Å²) in [5, 5.41) is 10.1.